The molecule has 0 aliphatic rings. The van der Waals surface area contributed by atoms with E-state index in [4.69, 9.17) is 5.11 Å². The zero-order valence-electron chi connectivity index (χ0n) is 11.8. The van der Waals surface area contributed by atoms with E-state index in [-0.39, 0.29) is 11.1 Å². The summed E-state index contributed by atoms with van der Waals surface area (Å²) in [5, 5.41) is 9.07. The first-order valence-corrected chi connectivity index (χ1v) is 6.72. The van der Waals surface area contributed by atoms with E-state index < -0.39 is 34.6 Å². The molecule has 2 rings (SSSR count). The van der Waals surface area contributed by atoms with E-state index in [0.717, 1.165) is 12.1 Å². The van der Waals surface area contributed by atoms with Crippen molar-refractivity contribution in [1.82, 2.24) is 0 Å². The molecule has 0 amide bonds. The minimum absolute atomic E-state index is 0.166. The second-order valence-corrected chi connectivity index (χ2v) is 4.77. The van der Waals surface area contributed by atoms with Gasteiger partial charge in [-0.3, -0.25) is 0 Å². The maximum atomic E-state index is 14.1. The van der Waals surface area contributed by atoms with E-state index in [9.17, 15) is 17.6 Å². The van der Waals surface area contributed by atoms with Gasteiger partial charge in [-0.25, -0.2) is 13.2 Å². The van der Waals surface area contributed by atoms with Crippen LogP contribution in [0.15, 0.2) is 36.4 Å². The van der Waals surface area contributed by atoms with Gasteiger partial charge >= 0.3 is 0 Å². The lowest BCUT2D eigenvalue weighted by Crippen LogP contribution is -1.99. The SMILES string of the molecule is C/C=C/CCc1ccc(-c2ccc(O)c(F)c2F)c(F)c1F. The smallest absolute Gasteiger partial charge is 0.200 e. The summed E-state index contributed by atoms with van der Waals surface area (Å²) in [7, 11) is 0. The largest absolute Gasteiger partial charge is 0.505 e. The molecule has 0 aliphatic heterocycles. The molecule has 0 fully saturated rings. The first-order chi connectivity index (χ1) is 10.5. The van der Waals surface area contributed by atoms with Gasteiger partial charge < -0.3 is 5.11 Å². The molecule has 0 radical (unpaired) electrons. The minimum Gasteiger partial charge on any atom is -0.505 e. The third-order valence-electron chi connectivity index (χ3n) is 3.33. The number of allylic oxidation sites excluding steroid dienone is 2. The van der Waals surface area contributed by atoms with Gasteiger partial charge in [0.15, 0.2) is 23.2 Å². The number of hydrogen-bond acceptors (Lipinski definition) is 1. The van der Waals surface area contributed by atoms with Crippen LogP contribution in [0.1, 0.15) is 18.9 Å². The molecule has 0 heterocycles. The van der Waals surface area contributed by atoms with Gasteiger partial charge in [0.2, 0.25) is 5.82 Å². The molecule has 0 spiro atoms. The first-order valence-electron chi connectivity index (χ1n) is 6.72. The third-order valence-corrected chi connectivity index (χ3v) is 3.33. The molecule has 22 heavy (non-hydrogen) atoms. The van der Waals surface area contributed by atoms with Gasteiger partial charge in [0.1, 0.15) is 0 Å². The van der Waals surface area contributed by atoms with Crippen molar-refractivity contribution in [2.24, 2.45) is 0 Å². The molecule has 0 aliphatic carbocycles. The summed E-state index contributed by atoms with van der Waals surface area (Å²) in [6, 6.07) is 4.45. The lowest BCUT2D eigenvalue weighted by atomic mass is 9.99. The van der Waals surface area contributed by atoms with Crippen molar-refractivity contribution >= 4 is 0 Å². The number of hydrogen-bond donors (Lipinski definition) is 1. The van der Waals surface area contributed by atoms with E-state index in [0.29, 0.717) is 12.8 Å². The Hall–Kier alpha value is -2.30. The third kappa shape index (κ3) is 2.98. The molecule has 116 valence electrons. The van der Waals surface area contributed by atoms with Gasteiger partial charge in [-0.05, 0) is 37.5 Å². The molecule has 0 aromatic heterocycles. The zero-order chi connectivity index (χ0) is 16.3. The predicted octanol–water partition coefficient (Wildman–Crippen LogP) is 5.12. The Kier molecular flexibility index (Phi) is 4.85. The van der Waals surface area contributed by atoms with Crippen molar-refractivity contribution < 1.29 is 22.7 Å². The quantitative estimate of drug-likeness (QED) is 0.613. The molecular formula is C17H14F4O. The summed E-state index contributed by atoms with van der Waals surface area (Å²) in [6.07, 6.45) is 4.48. The molecule has 0 saturated heterocycles. The highest BCUT2D eigenvalue weighted by atomic mass is 19.2. The van der Waals surface area contributed by atoms with E-state index in [1.165, 1.54) is 12.1 Å². The molecule has 0 unspecified atom stereocenters. The van der Waals surface area contributed by atoms with Crippen LogP contribution in [0.3, 0.4) is 0 Å². The maximum absolute atomic E-state index is 14.1. The minimum atomic E-state index is -1.49. The lowest BCUT2D eigenvalue weighted by molar-refractivity contribution is 0.407. The van der Waals surface area contributed by atoms with Gasteiger partial charge in [-0.15, -0.1) is 0 Å². The Morgan fingerprint density at radius 3 is 2.09 bits per heavy atom. The molecule has 2 aromatic carbocycles. The zero-order valence-corrected chi connectivity index (χ0v) is 11.8. The number of phenolic OH excluding ortho intramolecular Hbond substituents is 1. The van der Waals surface area contributed by atoms with Crippen LogP contribution in [0, 0.1) is 23.3 Å². The van der Waals surface area contributed by atoms with E-state index in [1.54, 1.807) is 6.08 Å². The van der Waals surface area contributed by atoms with Crippen molar-refractivity contribution in [2.75, 3.05) is 0 Å². The van der Waals surface area contributed by atoms with Crippen molar-refractivity contribution in [3.05, 3.63) is 65.2 Å². The average molecular weight is 310 g/mol. The summed E-state index contributed by atoms with van der Waals surface area (Å²) < 4.78 is 55.3. The molecule has 0 bridgehead atoms. The molecule has 2 aromatic rings. The van der Waals surface area contributed by atoms with Crippen LogP contribution in [0.4, 0.5) is 17.6 Å². The summed E-state index contributed by atoms with van der Waals surface area (Å²) in [5.41, 5.74) is -0.658. The van der Waals surface area contributed by atoms with Gasteiger partial charge in [-0.1, -0.05) is 24.3 Å². The summed E-state index contributed by atoms with van der Waals surface area (Å²) in [6.45, 7) is 1.82. The molecule has 0 atom stereocenters. The number of rotatable bonds is 4. The van der Waals surface area contributed by atoms with Crippen LogP contribution in [0.25, 0.3) is 11.1 Å². The molecule has 1 N–H and O–H groups in total. The number of phenols is 1. The molecular weight excluding hydrogens is 296 g/mol. The van der Waals surface area contributed by atoms with Crippen molar-refractivity contribution in [2.45, 2.75) is 19.8 Å². The van der Waals surface area contributed by atoms with Gasteiger partial charge in [-0.2, -0.15) is 4.39 Å². The summed E-state index contributed by atoms with van der Waals surface area (Å²) in [4.78, 5) is 0. The lowest BCUT2D eigenvalue weighted by Gasteiger charge is -2.10. The fraction of sp³-hybridized carbons (Fsp3) is 0.176. The Bertz CT molecular complexity index is 723. The van der Waals surface area contributed by atoms with Gasteiger partial charge in [0.05, 0.1) is 0 Å². The van der Waals surface area contributed by atoms with E-state index in [2.05, 4.69) is 0 Å². The number of halogens is 4. The van der Waals surface area contributed by atoms with Crippen LogP contribution in [0.5, 0.6) is 5.75 Å². The topological polar surface area (TPSA) is 20.2 Å². The normalized spacial score (nSPS) is 11.3. The number of benzene rings is 2. The van der Waals surface area contributed by atoms with Gasteiger partial charge in [0.25, 0.3) is 0 Å². The highest BCUT2D eigenvalue weighted by Crippen LogP contribution is 2.32. The predicted molar refractivity (Wildman–Crippen MR) is 76.5 cm³/mol. The Morgan fingerprint density at radius 2 is 1.45 bits per heavy atom. The highest BCUT2D eigenvalue weighted by Gasteiger charge is 2.20. The van der Waals surface area contributed by atoms with E-state index in [1.807, 2.05) is 13.0 Å². The van der Waals surface area contributed by atoms with Crippen LogP contribution in [-0.2, 0) is 6.42 Å². The number of aryl methyl sites for hydroxylation is 1. The first kappa shape index (κ1) is 16.1. The molecule has 0 saturated carbocycles. The molecule has 1 nitrogen and oxygen atoms in total. The molecule has 5 heteroatoms. The van der Waals surface area contributed by atoms with Crippen molar-refractivity contribution in [1.29, 1.82) is 0 Å². The van der Waals surface area contributed by atoms with Crippen LogP contribution in [-0.4, -0.2) is 5.11 Å². The van der Waals surface area contributed by atoms with Crippen LogP contribution in [0.2, 0.25) is 0 Å². The fourth-order valence-electron chi connectivity index (χ4n) is 2.14. The monoisotopic (exact) mass is 310 g/mol. The summed E-state index contributed by atoms with van der Waals surface area (Å²) in [5.74, 6) is -6.10. The second kappa shape index (κ2) is 6.64. The summed E-state index contributed by atoms with van der Waals surface area (Å²) >= 11 is 0. The van der Waals surface area contributed by atoms with Crippen LogP contribution >= 0.6 is 0 Å². The Balaban J connectivity index is 2.46. The Labute approximate surface area is 125 Å². The van der Waals surface area contributed by atoms with Gasteiger partial charge in [0, 0.05) is 11.1 Å². The number of aromatic hydroxyl groups is 1. The standard InChI is InChI=1S/C17H14F4O/c1-2-3-4-5-10-6-7-11(15(19)14(10)18)12-8-9-13(22)17(21)16(12)20/h2-3,6-9,22H,4-5H2,1H3/b3-2+. The van der Waals surface area contributed by atoms with E-state index >= 15 is 0 Å². The second-order valence-electron chi connectivity index (χ2n) is 4.77. The highest BCUT2D eigenvalue weighted by molar-refractivity contribution is 5.66. The van der Waals surface area contributed by atoms with Crippen molar-refractivity contribution in [3.63, 3.8) is 0 Å². The Morgan fingerprint density at radius 1 is 0.864 bits per heavy atom. The maximum Gasteiger partial charge on any atom is 0.200 e. The van der Waals surface area contributed by atoms with Crippen LogP contribution < -0.4 is 0 Å². The fourth-order valence-corrected chi connectivity index (χ4v) is 2.14. The van der Waals surface area contributed by atoms with Crippen molar-refractivity contribution in [3.8, 4) is 16.9 Å². The average Bonchev–Trinajstić information content (AvgIpc) is 2.50.